The number of aromatic amines is 1. The smallest absolute Gasteiger partial charge is 0.165 e. The number of aromatic hydroxyl groups is 1. The second-order valence-corrected chi connectivity index (χ2v) is 7.60. The second kappa shape index (κ2) is 5.78. The molecule has 134 valence electrons. The Morgan fingerprint density at radius 2 is 2.04 bits per heavy atom. The van der Waals surface area contributed by atoms with Gasteiger partial charge in [-0.2, -0.15) is 0 Å². The Bertz CT molecular complexity index is 1010. The van der Waals surface area contributed by atoms with E-state index in [-0.39, 0.29) is 5.75 Å². The molecule has 1 atom stereocenters. The molecular formula is C22H24N2O2. The molecule has 0 saturated carbocycles. The first-order valence-corrected chi connectivity index (χ1v) is 9.38. The number of rotatable bonds is 1. The van der Waals surface area contributed by atoms with Gasteiger partial charge in [0, 0.05) is 35.2 Å². The first kappa shape index (κ1) is 15.8. The van der Waals surface area contributed by atoms with Crippen LogP contribution in [0.4, 0.5) is 0 Å². The van der Waals surface area contributed by atoms with Gasteiger partial charge < -0.3 is 14.8 Å². The number of phenols is 1. The predicted octanol–water partition coefficient (Wildman–Crippen LogP) is 4.24. The van der Waals surface area contributed by atoms with E-state index in [0.29, 0.717) is 11.8 Å². The lowest BCUT2D eigenvalue weighted by molar-refractivity contribution is 0.169. The maximum Gasteiger partial charge on any atom is 0.165 e. The summed E-state index contributed by atoms with van der Waals surface area (Å²) >= 11 is 0. The molecule has 4 nitrogen and oxygen atoms in total. The van der Waals surface area contributed by atoms with Crippen molar-refractivity contribution < 1.29 is 9.84 Å². The van der Waals surface area contributed by atoms with E-state index in [0.717, 1.165) is 37.9 Å². The Hall–Kier alpha value is -2.46. The van der Waals surface area contributed by atoms with Gasteiger partial charge in [0.25, 0.3) is 0 Å². The molecule has 0 radical (unpaired) electrons. The molecule has 2 aliphatic rings. The second-order valence-electron chi connectivity index (χ2n) is 7.60. The minimum atomic E-state index is 0.239. The van der Waals surface area contributed by atoms with Crippen LogP contribution >= 0.6 is 0 Å². The Balaban J connectivity index is 1.59. The molecule has 0 saturated heterocycles. The third-order valence-corrected chi connectivity index (χ3v) is 6.11. The highest BCUT2D eigenvalue weighted by Gasteiger charge is 2.33. The number of nitrogens with zero attached hydrogens (tertiary/aromatic N) is 1. The van der Waals surface area contributed by atoms with Crippen molar-refractivity contribution in [3.05, 3.63) is 58.3 Å². The fraction of sp³-hybridized carbons (Fsp3) is 0.364. The summed E-state index contributed by atoms with van der Waals surface area (Å²) < 4.78 is 5.52. The van der Waals surface area contributed by atoms with E-state index in [1.165, 1.54) is 33.3 Å². The normalized spacial score (nSPS) is 19.5. The zero-order valence-electron chi connectivity index (χ0n) is 15.3. The van der Waals surface area contributed by atoms with Gasteiger partial charge in [0.15, 0.2) is 11.5 Å². The van der Waals surface area contributed by atoms with Gasteiger partial charge in [-0.1, -0.05) is 17.7 Å². The number of phenolic OH excluding ortho intramolecular Hbond substituents is 1. The minimum absolute atomic E-state index is 0.239. The van der Waals surface area contributed by atoms with Gasteiger partial charge in [0.05, 0.1) is 13.2 Å². The van der Waals surface area contributed by atoms with E-state index in [2.05, 4.69) is 41.1 Å². The third-order valence-electron chi connectivity index (χ3n) is 6.11. The number of fused-ring (bicyclic) bond motifs is 6. The summed E-state index contributed by atoms with van der Waals surface area (Å²) in [6.07, 6.45) is 3.15. The van der Waals surface area contributed by atoms with Crippen molar-refractivity contribution in [2.75, 3.05) is 13.7 Å². The molecule has 2 aromatic carbocycles. The maximum atomic E-state index is 10.2. The molecule has 26 heavy (non-hydrogen) atoms. The van der Waals surface area contributed by atoms with Gasteiger partial charge in [0.1, 0.15) is 0 Å². The van der Waals surface area contributed by atoms with Crippen LogP contribution in [0.3, 0.4) is 0 Å². The number of aryl methyl sites for hydroxylation is 2. The van der Waals surface area contributed by atoms with Crippen molar-refractivity contribution in [3.8, 4) is 11.5 Å². The Morgan fingerprint density at radius 3 is 2.88 bits per heavy atom. The third kappa shape index (κ3) is 2.25. The summed E-state index contributed by atoms with van der Waals surface area (Å²) in [5.41, 5.74) is 7.88. The zero-order valence-corrected chi connectivity index (χ0v) is 15.3. The summed E-state index contributed by atoms with van der Waals surface area (Å²) in [6.45, 7) is 4.03. The van der Waals surface area contributed by atoms with Gasteiger partial charge in [-0.25, -0.2) is 0 Å². The molecule has 0 aliphatic carbocycles. The van der Waals surface area contributed by atoms with Gasteiger partial charge >= 0.3 is 0 Å². The van der Waals surface area contributed by atoms with Crippen LogP contribution in [0.5, 0.6) is 11.5 Å². The highest BCUT2D eigenvalue weighted by atomic mass is 16.5. The highest BCUT2D eigenvalue weighted by Crippen LogP contribution is 2.43. The summed E-state index contributed by atoms with van der Waals surface area (Å²) in [5.74, 6) is 0.879. The quantitative estimate of drug-likeness (QED) is 0.692. The van der Waals surface area contributed by atoms with Crippen LogP contribution in [-0.4, -0.2) is 28.6 Å². The van der Waals surface area contributed by atoms with Crippen molar-refractivity contribution in [1.29, 1.82) is 0 Å². The lowest BCUT2D eigenvalue weighted by Crippen LogP contribution is -2.34. The molecule has 0 fully saturated rings. The average molecular weight is 348 g/mol. The van der Waals surface area contributed by atoms with E-state index < -0.39 is 0 Å². The standard InChI is InChI=1S/C22H24N2O2/c1-13-3-6-18-16(11-13)15-9-10-24-12-17-14(4-7-19(24)21(15)23-18)5-8-20(25)22(17)26-2/h3,5-6,8,11,19,23,25H,4,7,9-10,12H2,1-2H3/t19-/m0/s1. The molecule has 0 amide bonds. The van der Waals surface area contributed by atoms with Crippen LogP contribution in [0.1, 0.15) is 40.4 Å². The van der Waals surface area contributed by atoms with Crippen LogP contribution in [0.2, 0.25) is 0 Å². The number of ether oxygens (including phenoxy) is 1. The van der Waals surface area contributed by atoms with Gasteiger partial charge in [-0.15, -0.1) is 0 Å². The van der Waals surface area contributed by atoms with Gasteiger partial charge in [-0.05, 0) is 55.5 Å². The first-order chi connectivity index (χ1) is 12.7. The van der Waals surface area contributed by atoms with Crippen molar-refractivity contribution in [3.63, 3.8) is 0 Å². The van der Waals surface area contributed by atoms with E-state index in [1.807, 2.05) is 0 Å². The van der Waals surface area contributed by atoms with Gasteiger partial charge in [-0.3, -0.25) is 4.90 Å². The molecule has 2 aliphatic heterocycles. The van der Waals surface area contributed by atoms with E-state index in [1.54, 1.807) is 13.2 Å². The zero-order chi connectivity index (χ0) is 17.8. The molecule has 4 heteroatoms. The topological polar surface area (TPSA) is 48.5 Å². The minimum Gasteiger partial charge on any atom is -0.504 e. The van der Waals surface area contributed by atoms with Crippen molar-refractivity contribution in [1.82, 2.24) is 9.88 Å². The summed E-state index contributed by atoms with van der Waals surface area (Å²) in [4.78, 5) is 6.25. The van der Waals surface area contributed by atoms with Crippen LogP contribution in [0.15, 0.2) is 30.3 Å². The molecule has 3 heterocycles. The monoisotopic (exact) mass is 348 g/mol. The lowest BCUT2D eigenvalue weighted by Gasteiger charge is -2.34. The lowest BCUT2D eigenvalue weighted by atomic mass is 9.94. The number of benzene rings is 2. The summed E-state index contributed by atoms with van der Waals surface area (Å²) in [5, 5.41) is 11.6. The molecule has 5 rings (SSSR count). The fourth-order valence-electron chi connectivity index (χ4n) is 4.83. The van der Waals surface area contributed by atoms with Crippen LogP contribution in [0.25, 0.3) is 10.9 Å². The van der Waals surface area contributed by atoms with Crippen LogP contribution < -0.4 is 4.74 Å². The Labute approximate surface area is 153 Å². The fourth-order valence-corrected chi connectivity index (χ4v) is 4.83. The van der Waals surface area contributed by atoms with E-state index in [9.17, 15) is 5.11 Å². The number of nitrogens with one attached hydrogen (secondary N) is 1. The number of methoxy groups -OCH3 is 1. The predicted molar refractivity (Wildman–Crippen MR) is 103 cm³/mol. The summed E-state index contributed by atoms with van der Waals surface area (Å²) in [7, 11) is 1.64. The average Bonchev–Trinajstić information content (AvgIpc) is 2.88. The number of hydrogen-bond donors (Lipinski definition) is 2. The largest absolute Gasteiger partial charge is 0.504 e. The molecule has 0 unspecified atom stereocenters. The molecule has 0 bridgehead atoms. The van der Waals surface area contributed by atoms with Crippen molar-refractivity contribution in [2.45, 2.75) is 38.8 Å². The Kier molecular flexibility index (Phi) is 3.50. The number of aromatic nitrogens is 1. The molecule has 0 spiro atoms. The molecule has 2 N–H and O–H groups in total. The van der Waals surface area contributed by atoms with Crippen LogP contribution in [0, 0.1) is 6.92 Å². The van der Waals surface area contributed by atoms with E-state index in [4.69, 9.17) is 4.74 Å². The Morgan fingerprint density at radius 1 is 1.15 bits per heavy atom. The molecule has 3 aromatic rings. The first-order valence-electron chi connectivity index (χ1n) is 9.38. The van der Waals surface area contributed by atoms with Crippen molar-refractivity contribution >= 4 is 10.9 Å². The number of hydrogen-bond acceptors (Lipinski definition) is 3. The van der Waals surface area contributed by atoms with Crippen LogP contribution in [-0.2, 0) is 19.4 Å². The SMILES string of the molecule is COc1c(O)ccc2c1CN1CCc3c([nH]c4ccc(C)cc34)[C@@H]1CC2. The molecular weight excluding hydrogens is 324 g/mol. The van der Waals surface area contributed by atoms with Crippen molar-refractivity contribution in [2.24, 2.45) is 0 Å². The maximum absolute atomic E-state index is 10.2. The highest BCUT2D eigenvalue weighted by molar-refractivity contribution is 5.85. The molecule has 1 aromatic heterocycles. The van der Waals surface area contributed by atoms with Gasteiger partial charge in [0.2, 0.25) is 0 Å². The number of H-pyrrole nitrogens is 1. The summed E-state index contributed by atoms with van der Waals surface area (Å²) in [6, 6.07) is 10.9. The van der Waals surface area contributed by atoms with E-state index >= 15 is 0 Å².